The summed E-state index contributed by atoms with van der Waals surface area (Å²) in [4.78, 5) is 0. The number of rotatable bonds is 8. The molecule has 0 amide bonds. The van der Waals surface area contributed by atoms with Crippen LogP contribution in [0.4, 0.5) is 0 Å². The molecule has 0 aliphatic carbocycles. The molecule has 0 spiro atoms. The molecule has 2 unspecified atom stereocenters. The van der Waals surface area contributed by atoms with Gasteiger partial charge < -0.3 is 20.9 Å². The Morgan fingerprint density at radius 2 is 2.21 bits per heavy atom. The smallest absolute Gasteiger partial charge is 0.216 e. The van der Waals surface area contributed by atoms with Crippen LogP contribution in [0.1, 0.15) is 37.1 Å². The lowest BCUT2D eigenvalue weighted by molar-refractivity contribution is 0.254. The van der Waals surface area contributed by atoms with E-state index in [0.29, 0.717) is 13.0 Å². The number of nitrogens with one attached hydrogen (secondary N) is 1. The van der Waals surface area contributed by atoms with Crippen LogP contribution >= 0.6 is 0 Å². The molecule has 19 heavy (non-hydrogen) atoms. The van der Waals surface area contributed by atoms with Gasteiger partial charge in [-0.2, -0.15) is 5.10 Å². The van der Waals surface area contributed by atoms with Crippen molar-refractivity contribution in [3.63, 3.8) is 0 Å². The first-order valence-corrected chi connectivity index (χ1v) is 6.73. The van der Waals surface area contributed by atoms with Crippen LogP contribution in [-0.2, 0) is 7.05 Å². The minimum absolute atomic E-state index is 0.0138. The monoisotopic (exact) mass is 270 g/mol. The number of aliphatic hydroxyl groups excluding tert-OH is 1. The highest BCUT2D eigenvalue weighted by Crippen LogP contribution is 2.28. The molecule has 1 aromatic rings. The van der Waals surface area contributed by atoms with Crippen LogP contribution in [0.5, 0.6) is 5.88 Å². The van der Waals surface area contributed by atoms with Gasteiger partial charge in [0.25, 0.3) is 0 Å². The van der Waals surface area contributed by atoms with Crippen LogP contribution in [0.25, 0.3) is 0 Å². The van der Waals surface area contributed by atoms with Gasteiger partial charge in [-0.05, 0) is 19.8 Å². The molecule has 0 bridgehead atoms. The predicted octanol–water partition coefficient (Wildman–Crippen LogP) is 0.488. The summed E-state index contributed by atoms with van der Waals surface area (Å²) >= 11 is 0. The van der Waals surface area contributed by atoms with Crippen molar-refractivity contribution in [2.24, 2.45) is 12.8 Å². The highest BCUT2D eigenvalue weighted by atomic mass is 16.5. The van der Waals surface area contributed by atoms with Crippen molar-refractivity contribution in [1.29, 1.82) is 0 Å². The zero-order valence-electron chi connectivity index (χ0n) is 12.3. The zero-order valence-corrected chi connectivity index (χ0v) is 12.3. The fourth-order valence-corrected chi connectivity index (χ4v) is 2.41. The topological polar surface area (TPSA) is 85.3 Å². The molecule has 6 heteroatoms. The molecule has 4 N–H and O–H groups in total. The fourth-order valence-electron chi connectivity index (χ4n) is 2.41. The van der Waals surface area contributed by atoms with Crippen LogP contribution in [0, 0.1) is 6.92 Å². The molecular weight excluding hydrogens is 244 g/mol. The molecule has 0 aromatic carbocycles. The number of aromatic nitrogens is 2. The van der Waals surface area contributed by atoms with Gasteiger partial charge in [0.2, 0.25) is 5.88 Å². The summed E-state index contributed by atoms with van der Waals surface area (Å²) in [7, 11) is 3.49. The third-order valence-corrected chi connectivity index (χ3v) is 3.40. The Morgan fingerprint density at radius 3 is 2.68 bits per heavy atom. The fraction of sp³-hybridized carbons (Fsp3) is 0.769. The van der Waals surface area contributed by atoms with Crippen molar-refractivity contribution in [2.45, 2.75) is 38.8 Å². The van der Waals surface area contributed by atoms with E-state index in [9.17, 15) is 0 Å². The van der Waals surface area contributed by atoms with E-state index in [4.69, 9.17) is 15.6 Å². The number of nitrogens with zero attached hydrogens (tertiary/aromatic N) is 2. The summed E-state index contributed by atoms with van der Waals surface area (Å²) in [6, 6.07) is 0.225. The Balaban J connectivity index is 2.96. The number of aliphatic hydroxyl groups is 1. The van der Waals surface area contributed by atoms with E-state index in [1.165, 1.54) is 0 Å². The van der Waals surface area contributed by atoms with Crippen LogP contribution in [-0.4, -0.2) is 41.2 Å². The molecule has 2 atom stereocenters. The van der Waals surface area contributed by atoms with E-state index in [2.05, 4.69) is 17.3 Å². The first-order chi connectivity index (χ1) is 9.08. The molecule has 110 valence electrons. The van der Waals surface area contributed by atoms with Crippen molar-refractivity contribution < 1.29 is 9.84 Å². The quantitative estimate of drug-likeness (QED) is 0.640. The van der Waals surface area contributed by atoms with E-state index < -0.39 is 0 Å². The lowest BCUT2D eigenvalue weighted by Gasteiger charge is -2.24. The van der Waals surface area contributed by atoms with Crippen molar-refractivity contribution >= 4 is 0 Å². The molecular formula is C13H26N4O2. The third kappa shape index (κ3) is 3.68. The van der Waals surface area contributed by atoms with Gasteiger partial charge >= 0.3 is 0 Å². The first-order valence-electron chi connectivity index (χ1n) is 6.73. The number of hydrogen-bond acceptors (Lipinski definition) is 5. The summed E-state index contributed by atoms with van der Waals surface area (Å²) in [6.45, 7) is 4.68. The van der Waals surface area contributed by atoms with Crippen LogP contribution in [0.15, 0.2) is 0 Å². The predicted molar refractivity (Wildman–Crippen MR) is 75.2 cm³/mol. The molecule has 1 aromatic heterocycles. The van der Waals surface area contributed by atoms with Gasteiger partial charge in [-0.3, -0.25) is 0 Å². The molecule has 0 saturated carbocycles. The summed E-state index contributed by atoms with van der Waals surface area (Å²) < 4.78 is 7.13. The molecule has 0 aliphatic heterocycles. The maximum Gasteiger partial charge on any atom is 0.216 e. The van der Waals surface area contributed by atoms with Gasteiger partial charge in [0.15, 0.2) is 0 Å². The lowest BCUT2D eigenvalue weighted by atomic mass is 10.0. The van der Waals surface area contributed by atoms with Gasteiger partial charge in [0.05, 0.1) is 24.4 Å². The van der Waals surface area contributed by atoms with Gasteiger partial charge in [0, 0.05) is 26.2 Å². The van der Waals surface area contributed by atoms with Gasteiger partial charge in [0.1, 0.15) is 0 Å². The standard InChI is InChI=1S/C13H26N4O2/c1-5-10(6-7-18)15-11(8-14)12-9(2)16-17(3)13(12)19-4/h10-11,15,18H,5-8,14H2,1-4H3. The molecule has 6 nitrogen and oxygen atoms in total. The summed E-state index contributed by atoms with van der Waals surface area (Å²) in [5, 5.41) is 16.9. The summed E-state index contributed by atoms with van der Waals surface area (Å²) in [5.41, 5.74) is 7.81. The van der Waals surface area contributed by atoms with Crippen LogP contribution < -0.4 is 15.8 Å². The molecule has 0 radical (unpaired) electrons. The minimum atomic E-state index is -0.0138. The number of nitrogens with two attached hydrogens (primary N) is 1. The van der Waals surface area contributed by atoms with Gasteiger partial charge in [-0.1, -0.05) is 6.92 Å². The number of hydrogen-bond donors (Lipinski definition) is 3. The number of aryl methyl sites for hydroxylation is 2. The molecule has 1 rings (SSSR count). The van der Waals surface area contributed by atoms with Crippen LogP contribution in [0.3, 0.4) is 0 Å². The average Bonchev–Trinajstić information content (AvgIpc) is 2.68. The maximum absolute atomic E-state index is 9.07. The highest BCUT2D eigenvalue weighted by molar-refractivity contribution is 5.34. The van der Waals surface area contributed by atoms with E-state index >= 15 is 0 Å². The van der Waals surface area contributed by atoms with Crippen molar-refractivity contribution in [3.05, 3.63) is 11.3 Å². The Bertz CT molecular complexity index is 392. The van der Waals surface area contributed by atoms with E-state index in [-0.39, 0.29) is 18.7 Å². The summed E-state index contributed by atoms with van der Waals surface area (Å²) in [5.74, 6) is 0.735. The normalized spacial score (nSPS) is 14.4. The summed E-state index contributed by atoms with van der Waals surface area (Å²) in [6.07, 6.45) is 1.66. The second-order valence-corrected chi connectivity index (χ2v) is 4.70. The number of methoxy groups -OCH3 is 1. The average molecular weight is 270 g/mol. The molecule has 1 heterocycles. The van der Waals surface area contributed by atoms with E-state index in [1.807, 2.05) is 14.0 Å². The molecule has 0 aliphatic rings. The van der Waals surface area contributed by atoms with Crippen molar-refractivity contribution in [2.75, 3.05) is 20.3 Å². The third-order valence-electron chi connectivity index (χ3n) is 3.40. The SMILES string of the molecule is CCC(CCO)NC(CN)c1c(C)nn(C)c1OC. The largest absolute Gasteiger partial charge is 0.481 e. The first kappa shape index (κ1) is 15.9. The Hall–Kier alpha value is -1.11. The lowest BCUT2D eigenvalue weighted by Crippen LogP contribution is -2.37. The van der Waals surface area contributed by atoms with E-state index in [1.54, 1.807) is 11.8 Å². The van der Waals surface area contributed by atoms with Gasteiger partial charge in [-0.15, -0.1) is 0 Å². The Kier molecular flexibility index (Phi) is 6.27. The second-order valence-electron chi connectivity index (χ2n) is 4.70. The molecule has 0 fully saturated rings. The minimum Gasteiger partial charge on any atom is -0.481 e. The Labute approximate surface area is 114 Å². The zero-order chi connectivity index (χ0) is 14.4. The second kappa shape index (κ2) is 7.47. The van der Waals surface area contributed by atoms with Gasteiger partial charge in [-0.25, -0.2) is 4.68 Å². The number of ether oxygens (including phenoxy) is 1. The Morgan fingerprint density at radius 1 is 1.53 bits per heavy atom. The highest BCUT2D eigenvalue weighted by Gasteiger charge is 2.23. The van der Waals surface area contributed by atoms with Crippen LogP contribution in [0.2, 0.25) is 0 Å². The molecule has 0 saturated heterocycles. The maximum atomic E-state index is 9.07. The van der Waals surface area contributed by atoms with E-state index in [0.717, 1.165) is 23.6 Å². The van der Waals surface area contributed by atoms with Crippen molar-refractivity contribution in [3.8, 4) is 5.88 Å². The van der Waals surface area contributed by atoms with Crippen molar-refractivity contribution in [1.82, 2.24) is 15.1 Å².